The minimum atomic E-state index is -0.144. The second-order valence-electron chi connectivity index (χ2n) is 7.33. The highest BCUT2D eigenvalue weighted by molar-refractivity contribution is 5.92. The van der Waals surface area contributed by atoms with Crippen LogP contribution >= 0.6 is 0 Å². The van der Waals surface area contributed by atoms with Crippen molar-refractivity contribution in [1.82, 2.24) is 14.7 Å². The molecule has 0 saturated heterocycles. The molecule has 2 aliphatic heterocycles. The van der Waals surface area contributed by atoms with Gasteiger partial charge >= 0.3 is 0 Å². The average Bonchev–Trinajstić information content (AvgIpc) is 3.46. The van der Waals surface area contributed by atoms with Crippen LogP contribution < -0.4 is 18.9 Å². The van der Waals surface area contributed by atoms with Gasteiger partial charge in [0.05, 0.1) is 0 Å². The molecule has 0 saturated carbocycles. The largest absolute Gasteiger partial charge is 0.454 e. The van der Waals surface area contributed by atoms with Gasteiger partial charge in [0.25, 0.3) is 5.91 Å². The molecule has 0 bridgehead atoms. The summed E-state index contributed by atoms with van der Waals surface area (Å²) < 4.78 is 23.4. The van der Waals surface area contributed by atoms with Crippen LogP contribution in [0.25, 0.3) is 0 Å². The topological polar surface area (TPSA) is 75.1 Å². The Morgan fingerprint density at radius 1 is 0.900 bits per heavy atom. The molecule has 30 heavy (non-hydrogen) atoms. The van der Waals surface area contributed by atoms with Gasteiger partial charge in [-0.05, 0) is 48.4 Å². The van der Waals surface area contributed by atoms with Crippen molar-refractivity contribution in [3.63, 3.8) is 0 Å². The van der Waals surface area contributed by atoms with E-state index in [2.05, 4.69) is 5.10 Å². The molecule has 0 atom stereocenters. The van der Waals surface area contributed by atoms with E-state index in [1.807, 2.05) is 50.4 Å². The molecule has 154 valence electrons. The van der Waals surface area contributed by atoms with Crippen molar-refractivity contribution in [3.05, 3.63) is 65.0 Å². The van der Waals surface area contributed by atoms with Crippen molar-refractivity contribution in [3.8, 4) is 23.0 Å². The number of fused-ring (bicyclic) bond motifs is 2. The first-order chi connectivity index (χ1) is 14.6. The lowest BCUT2D eigenvalue weighted by Gasteiger charge is -2.22. The van der Waals surface area contributed by atoms with Crippen LogP contribution in [0.3, 0.4) is 0 Å². The third-order valence-corrected chi connectivity index (χ3v) is 5.24. The van der Waals surface area contributed by atoms with Crippen molar-refractivity contribution in [2.24, 2.45) is 7.05 Å². The minimum Gasteiger partial charge on any atom is -0.454 e. The standard InChI is InChI=1S/C22H21N3O5/c1-14-7-17(23-24(14)2)22(26)25(10-15-3-5-18-20(8-15)29-12-27-18)11-16-4-6-19-21(9-16)30-13-28-19/h3-9H,10-13H2,1-2H3. The van der Waals surface area contributed by atoms with Crippen LogP contribution in [0.15, 0.2) is 42.5 Å². The molecule has 3 aromatic rings. The Labute approximate surface area is 173 Å². The molecule has 0 radical (unpaired) electrons. The predicted molar refractivity (Wildman–Crippen MR) is 107 cm³/mol. The molecule has 8 nitrogen and oxygen atoms in total. The lowest BCUT2D eigenvalue weighted by atomic mass is 10.1. The summed E-state index contributed by atoms with van der Waals surface area (Å²) in [6.45, 7) is 3.15. The van der Waals surface area contributed by atoms with Gasteiger partial charge in [0, 0.05) is 25.8 Å². The van der Waals surface area contributed by atoms with Crippen molar-refractivity contribution in [2.75, 3.05) is 13.6 Å². The lowest BCUT2D eigenvalue weighted by molar-refractivity contribution is 0.0723. The van der Waals surface area contributed by atoms with Gasteiger partial charge in [-0.2, -0.15) is 5.10 Å². The van der Waals surface area contributed by atoms with Crippen LogP contribution in [-0.4, -0.2) is 34.2 Å². The predicted octanol–water partition coefficient (Wildman–Crippen LogP) is 3.03. The first kappa shape index (κ1) is 18.4. The molecule has 0 spiro atoms. The normalized spacial score (nSPS) is 13.5. The van der Waals surface area contributed by atoms with Gasteiger partial charge in [-0.25, -0.2) is 0 Å². The third-order valence-electron chi connectivity index (χ3n) is 5.24. The van der Waals surface area contributed by atoms with Gasteiger partial charge in [0.15, 0.2) is 28.7 Å². The maximum atomic E-state index is 13.3. The van der Waals surface area contributed by atoms with Gasteiger partial charge < -0.3 is 23.8 Å². The van der Waals surface area contributed by atoms with E-state index in [9.17, 15) is 4.79 Å². The van der Waals surface area contributed by atoms with E-state index in [-0.39, 0.29) is 19.5 Å². The van der Waals surface area contributed by atoms with Crippen molar-refractivity contribution < 1.29 is 23.7 Å². The summed E-state index contributed by atoms with van der Waals surface area (Å²) in [5.74, 6) is 2.67. The molecule has 5 rings (SSSR count). The van der Waals surface area contributed by atoms with Gasteiger partial charge in [-0.15, -0.1) is 0 Å². The summed E-state index contributed by atoms with van der Waals surface area (Å²) in [6, 6.07) is 13.2. The highest BCUT2D eigenvalue weighted by Gasteiger charge is 2.23. The highest BCUT2D eigenvalue weighted by atomic mass is 16.7. The van der Waals surface area contributed by atoms with E-state index in [4.69, 9.17) is 18.9 Å². The van der Waals surface area contributed by atoms with Crippen molar-refractivity contribution in [2.45, 2.75) is 20.0 Å². The van der Waals surface area contributed by atoms with E-state index in [1.54, 1.807) is 15.6 Å². The zero-order chi connectivity index (χ0) is 20.7. The number of amides is 1. The molecule has 3 heterocycles. The second kappa shape index (κ2) is 7.29. The number of aromatic nitrogens is 2. The van der Waals surface area contributed by atoms with E-state index >= 15 is 0 Å². The number of benzene rings is 2. The summed E-state index contributed by atoms with van der Waals surface area (Å²) in [6.07, 6.45) is 0. The summed E-state index contributed by atoms with van der Waals surface area (Å²) >= 11 is 0. The molecule has 1 aromatic heterocycles. The number of rotatable bonds is 5. The first-order valence-corrected chi connectivity index (χ1v) is 9.64. The van der Waals surface area contributed by atoms with E-state index < -0.39 is 0 Å². The zero-order valence-corrected chi connectivity index (χ0v) is 16.8. The Morgan fingerprint density at radius 3 is 1.93 bits per heavy atom. The lowest BCUT2D eigenvalue weighted by Crippen LogP contribution is -2.30. The van der Waals surface area contributed by atoms with E-state index in [1.165, 1.54) is 0 Å². The fourth-order valence-electron chi connectivity index (χ4n) is 3.55. The fourth-order valence-corrected chi connectivity index (χ4v) is 3.55. The molecule has 2 aromatic carbocycles. The molecule has 0 N–H and O–H groups in total. The van der Waals surface area contributed by atoms with Crippen LogP contribution in [0.5, 0.6) is 23.0 Å². The summed E-state index contributed by atoms with van der Waals surface area (Å²) in [7, 11) is 1.83. The summed E-state index contributed by atoms with van der Waals surface area (Å²) in [4.78, 5) is 15.1. The monoisotopic (exact) mass is 407 g/mol. The Kier molecular flexibility index (Phi) is 4.46. The number of hydrogen-bond donors (Lipinski definition) is 0. The molecule has 2 aliphatic rings. The Balaban J connectivity index is 1.44. The quantitative estimate of drug-likeness (QED) is 0.647. The summed E-state index contributed by atoms with van der Waals surface area (Å²) in [5, 5.41) is 4.37. The number of hydrogen-bond acceptors (Lipinski definition) is 6. The van der Waals surface area contributed by atoms with Crippen LogP contribution in [0, 0.1) is 6.92 Å². The summed E-state index contributed by atoms with van der Waals surface area (Å²) in [5.41, 5.74) is 3.22. The zero-order valence-electron chi connectivity index (χ0n) is 16.8. The fraction of sp³-hybridized carbons (Fsp3) is 0.273. The highest BCUT2D eigenvalue weighted by Crippen LogP contribution is 2.34. The van der Waals surface area contributed by atoms with Crippen molar-refractivity contribution >= 4 is 5.91 Å². The molecule has 8 heteroatoms. The number of aryl methyl sites for hydroxylation is 2. The smallest absolute Gasteiger partial charge is 0.274 e. The number of carbonyl (C=O) groups is 1. The Bertz CT molecular complexity index is 1040. The molecule has 0 aliphatic carbocycles. The van der Waals surface area contributed by atoms with Gasteiger partial charge in [-0.3, -0.25) is 9.48 Å². The van der Waals surface area contributed by atoms with Gasteiger partial charge in [0.1, 0.15) is 0 Å². The van der Waals surface area contributed by atoms with Crippen LogP contribution in [-0.2, 0) is 20.1 Å². The minimum absolute atomic E-state index is 0.144. The second-order valence-corrected chi connectivity index (χ2v) is 7.33. The van der Waals surface area contributed by atoms with Crippen LogP contribution in [0.4, 0.5) is 0 Å². The molecular weight excluding hydrogens is 386 g/mol. The number of carbonyl (C=O) groups excluding carboxylic acids is 1. The molecule has 0 fully saturated rings. The van der Waals surface area contributed by atoms with Gasteiger partial charge in [-0.1, -0.05) is 12.1 Å². The first-order valence-electron chi connectivity index (χ1n) is 9.64. The maximum absolute atomic E-state index is 13.3. The van der Waals surface area contributed by atoms with Crippen LogP contribution in [0.1, 0.15) is 27.3 Å². The van der Waals surface area contributed by atoms with E-state index in [0.29, 0.717) is 41.8 Å². The number of ether oxygens (including phenoxy) is 4. The molecule has 1 amide bonds. The number of nitrogens with zero attached hydrogens (tertiary/aromatic N) is 3. The SMILES string of the molecule is Cc1cc(C(=O)N(Cc2ccc3c(c2)OCO3)Cc2ccc3c(c2)OCO3)nn1C. The molecule has 0 unspecified atom stereocenters. The van der Waals surface area contributed by atoms with Crippen LogP contribution in [0.2, 0.25) is 0 Å². The van der Waals surface area contributed by atoms with Crippen molar-refractivity contribution in [1.29, 1.82) is 0 Å². The Morgan fingerprint density at radius 2 is 1.43 bits per heavy atom. The Hall–Kier alpha value is -3.68. The molecular formula is C22H21N3O5. The van der Waals surface area contributed by atoms with Gasteiger partial charge in [0.2, 0.25) is 13.6 Å². The third kappa shape index (κ3) is 3.41. The maximum Gasteiger partial charge on any atom is 0.274 e. The average molecular weight is 407 g/mol. The van der Waals surface area contributed by atoms with E-state index in [0.717, 1.165) is 16.8 Å².